The first-order valence-corrected chi connectivity index (χ1v) is 8.27. The van der Waals surface area contributed by atoms with Gasteiger partial charge in [-0.2, -0.15) is 0 Å². The van der Waals surface area contributed by atoms with E-state index < -0.39 is 30.1 Å². The van der Waals surface area contributed by atoms with Gasteiger partial charge in [0.2, 0.25) is 0 Å². The number of Topliss-reactive ketones (excluding diaryl/α,β-unsaturated/α-hetero) is 1. The zero-order valence-electron chi connectivity index (χ0n) is 15.0. The van der Waals surface area contributed by atoms with Crippen molar-refractivity contribution in [2.75, 3.05) is 11.9 Å². The molecule has 0 saturated carbocycles. The van der Waals surface area contributed by atoms with Crippen molar-refractivity contribution in [1.82, 2.24) is 0 Å². The Bertz CT molecular complexity index is 880. The Morgan fingerprint density at radius 1 is 1.00 bits per heavy atom. The lowest BCUT2D eigenvalue weighted by Gasteiger charge is -2.08. The van der Waals surface area contributed by atoms with E-state index in [-0.39, 0.29) is 24.3 Å². The van der Waals surface area contributed by atoms with Crippen LogP contribution in [0.2, 0.25) is 0 Å². The number of carbonyl (C=O) groups is 3. The summed E-state index contributed by atoms with van der Waals surface area (Å²) in [5, 5.41) is 2.17. The molecule has 0 fully saturated rings. The second-order valence-electron chi connectivity index (χ2n) is 6.07. The fourth-order valence-corrected chi connectivity index (χ4v) is 2.38. The molecule has 27 heavy (non-hydrogen) atoms. The number of anilines is 1. The zero-order valence-corrected chi connectivity index (χ0v) is 15.0. The molecule has 2 aromatic carbocycles. The van der Waals surface area contributed by atoms with E-state index in [1.807, 2.05) is 26.0 Å². The van der Waals surface area contributed by atoms with Gasteiger partial charge in [-0.1, -0.05) is 17.7 Å². The van der Waals surface area contributed by atoms with Crippen LogP contribution in [-0.4, -0.2) is 24.3 Å². The van der Waals surface area contributed by atoms with Crippen molar-refractivity contribution >= 4 is 23.3 Å². The summed E-state index contributed by atoms with van der Waals surface area (Å²) >= 11 is 0. The minimum atomic E-state index is -0.936. The Labute approximate surface area is 155 Å². The molecule has 0 saturated heterocycles. The third-order valence-electron chi connectivity index (χ3n) is 3.82. The van der Waals surface area contributed by atoms with Crippen LogP contribution in [0.5, 0.6) is 0 Å². The molecule has 2 aromatic rings. The van der Waals surface area contributed by atoms with Crippen LogP contribution in [0, 0.1) is 25.5 Å². The number of esters is 1. The van der Waals surface area contributed by atoms with Gasteiger partial charge in [0.15, 0.2) is 12.4 Å². The maximum atomic E-state index is 13.4. The van der Waals surface area contributed by atoms with E-state index in [1.165, 1.54) is 0 Å². The molecule has 2 rings (SSSR count). The lowest BCUT2D eigenvalue weighted by Crippen LogP contribution is -2.21. The van der Waals surface area contributed by atoms with Crippen LogP contribution >= 0.6 is 0 Å². The third kappa shape index (κ3) is 5.99. The number of hydrogen-bond acceptors (Lipinski definition) is 4. The predicted molar refractivity (Wildman–Crippen MR) is 95.4 cm³/mol. The number of rotatable bonds is 7. The second kappa shape index (κ2) is 9.02. The predicted octanol–water partition coefficient (Wildman–Crippen LogP) is 3.73. The summed E-state index contributed by atoms with van der Waals surface area (Å²) in [6.45, 7) is 3.05. The lowest BCUT2D eigenvalue weighted by atomic mass is 9.99. The number of carbonyl (C=O) groups excluding carboxylic acids is 3. The summed E-state index contributed by atoms with van der Waals surface area (Å²) in [5.41, 5.74) is 2.09. The largest absolute Gasteiger partial charge is 0.456 e. The van der Waals surface area contributed by atoms with Crippen molar-refractivity contribution in [3.05, 3.63) is 64.7 Å². The average Bonchev–Trinajstić information content (AvgIpc) is 2.62. The molecule has 0 atom stereocenters. The number of amides is 1. The monoisotopic (exact) mass is 375 g/mol. The Balaban J connectivity index is 1.79. The summed E-state index contributed by atoms with van der Waals surface area (Å²) in [6, 6.07) is 8.16. The second-order valence-corrected chi connectivity index (χ2v) is 6.07. The van der Waals surface area contributed by atoms with Crippen molar-refractivity contribution in [3.8, 4) is 0 Å². The molecular formula is C20H19F2NO4. The molecule has 142 valence electrons. The quantitative estimate of drug-likeness (QED) is 0.591. The van der Waals surface area contributed by atoms with Crippen LogP contribution < -0.4 is 5.32 Å². The number of nitrogens with one attached hydrogen (secondary N) is 1. The Morgan fingerprint density at radius 3 is 2.44 bits per heavy atom. The van der Waals surface area contributed by atoms with Gasteiger partial charge in [-0.25, -0.2) is 8.78 Å². The molecule has 1 N–H and O–H groups in total. The summed E-state index contributed by atoms with van der Waals surface area (Å²) in [6.07, 6.45) is -0.220. The SMILES string of the molecule is Cc1ccc(C)c(C(=O)CCC(=O)OCC(=O)Nc2ccc(F)cc2F)c1. The first-order valence-electron chi connectivity index (χ1n) is 8.27. The van der Waals surface area contributed by atoms with Crippen LogP contribution in [-0.2, 0) is 14.3 Å². The average molecular weight is 375 g/mol. The van der Waals surface area contributed by atoms with Gasteiger partial charge in [0.05, 0.1) is 12.1 Å². The lowest BCUT2D eigenvalue weighted by molar-refractivity contribution is -0.147. The van der Waals surface area contributed by atoms with Crippen molar-refractivity contribution < 1.29 is 27.9 Å². The van der Waals surface area contributed by atoms with Gasteiger partial charge in [0.1, 0.15) is 11.6 Å². The highest BCUT2D eigenvalue weighted by Gasteiger charge is 2.14. The van der Waals surface area contributed by atoms with Crippen LogP contribution in [0.4, 0.5) is 14.5 Å². The number of halogens is 2. The number of aryl methyl sites for hydroxylation is 2. The molecular weight excluding hydrogens is 356 g/mol. The summed E-state index contributed by atoms with van der Waals surface area (Å²) in [4.78, 5) is 35.6. The van der Waals surface area contributed by atoms with E-state index >= 15 is 0 Å². The van der Waals surface area contributed by atoms with Crippen LogP contribution in [0.15, 0.2) is 36.4 Å². The number of benzene rings is 2. The summed E-state index contributed by atoms with van der Waals surface area (Å²) in [5.74, 6) is -3.39. The molecule has 0 aliphatic heterocycles. The van der Waals surface area contributed by atoms with E-state index in [0.717, 1.165) is 23.3 Å². The van der Waals surface area contributed by atoms with Crippen molar-refractivity contribution in [2.45, 2.75) is 26.7 Å². The number of ether oxygens (including phenoxy) is 1. The zero-order chi connectivity index (χ0) is 20.0. The van der Waals surface area contributed by atoms with Crippen LogP contribution in [0.25, 0.3) is 0 Å². The molecule has 0 bridgehead atoms. The Morgan fingerprint density at radius 2 is 1.74 bits per heavy atom. The van der Waals surface area contributed by atoms with E-state index in [0.29, 0.717) is 11.6 Å². The molecule has 0 unspecified atom stereocenters. The van der Waals surface area contributed by atoms with E-state index in [1.54, 1.807) is 6.07 Å². The smallest absolute Gasteiger partial charge is 0.306 e. The van der Waals surface area contributed by atoms with Gasteiger partial charge >= 0.3 is 5.97 Å². The highest BCUT2D eigenvalue weighted by atomic mass is 19.1. The highest BCUT2D eigenvalue weighted by Crippen LogP contribution is 2.15. The molecule has 1 amide bonds. The molecule has 0 radical (unpaired) electrons. The minimum Gasteiger partial charge on any atom is -0.456 e. The van der Waals surface area contributed by atoms with Crippen molar-refractivity contribution in [2.24, 2.45) is 0 Å². The normalized spacial score (nSPS) is 10.4. The first kappa shape index (κ1) is 20.2. The Hall–Kier alpha value is -3.09. The van der Waals surface area contributed by atoms with Crippen molar-refractivity contribution in [3.63, 3.8) is 0 Å². The van der Waals surface area contributed by atoms with Crippen LogP contribution in [0.3, 0.4) is 0 Å². The molecule has 0 aromatic heterocycles. The van der Waals surface area contributed by atoms with Gasteiger partial charge in [-0.3, -0.25) is 14.4 Å². The number of ketones is 1. The van der Waals surface area contributed by atoms with Gasteiger partial charge in [-0.15, -0.1) is 0 Å². The maximum absolute atomic E-state index is 13.4. The number of hydrogen-bond donors (Lipinski definition) is 1. The maximum Gasteiger partial charge on any atom is 0.306 e. The topological polar surface area (TPSA) is 72.5 Å². The standard InChI is InChI=1S/C20H19F2NO4/c1-12-3-4-13(2)15(9-12)18(24)7-8-20(26)27-11-19(25)23-17-6-5-14(21)10-16(17)22/h3-6,9-10H,7-8,11H2,1-2H3,(H,23,25). The van der Waals surface area contributed by atoms with E-state index in [9.17, 15) is 23.2 Å². The van der Waals surface area contributed by atoms with Gasteiger partial charge in [-0.05, 0) is 37.6 Å². The van der Waals surface area contributed by atoms with Gasteiger partial charge < -0.3 is 10.1 Å². The summed E-state index contributed by atoms with van der Waals surface area (Å²) < 4.78 is 31.0. The molecule has 5 nitrogen and oxygen atoms in total. The highest BCUT2D eigenvalue weighted by molar-refractivity contribution is 5.99. The fourth-order valence-electron chi connectivity index (χ4n) is 2.38. The summed E-state index contributed by atoms with van der Waals surface area (Å²) in [7, 11) is 0. The third-order valence-corrected chi connectivity index (χ3v) is 3.82. The molecule has 0 spiro atoms. The van der Waals surface area contributed by atoms with Gasteiger partial charge in [0, 0.05) is 18.1 Å². The van der Waals surface area contributed by atoms with Crippen molar-refractivity contribution in [1.29, 1.82) is 0 Å². The minimum absolute atomic E-state index is 0.0443. The van der Waals surface area contributed by atoms with Crippen LogP contribution in [0.1, 0.15) is 34.3 Å². The van der Waals surface area contributed by atoms with E-state index in [4.69, 9.17) is 4.74 Å². The molecule has 0 heterocycles. The fraction of sp³-hybridized carbons (Fsp3) is 0.250. The molecule has 7 heteroatoms. The Kier molecular flexibility index (Phi) is 6.76. The van der Waals surface area contributed by atoms with E-state index in [2.05, 4.69) is 5.32 Å². The molecule has 0 aliphatic carbocycles. The molecule has 0 aliphatic rings. The first-order chi connectivity index (χ1) is 12.8. The van der Waals surface area contributed by atoms with Gasteiger partial charge in [0.25, 0.3) is 5.91 Å².